The van der Waals surface area contributed by atoms with Crippen molar-refractivity contribution in [1.82, 2.24) is 24.6 Å². The number of para-hydroxylation sites is 1. The lowest BCUT2D eigenvalue weighted by atomic mass is 10.2. The molecule has 2 aromatic heterocycles. The van der Waals surface area contributed by atoms with Crippen LogP contribution in [0.1, 0.15) is 12.5 Å². The smallest absolute Gasteiger partial charge is 0.326 e. The summed E-state index contributed by atoms with van der Waals surface area (Å²) in [7, 11) is 3.21. The predicted molar refractivity (Wildman–Crippen MR) is 103 cm³/mol. The first kappa shape index (κ1) is 20.1. The number of hydrogen-bond donors (Lipinski definition) is 1. The summed E-state index contributed by atoms with van der Waals surface area (Å²) >= 11 is 0. The van der Waals surface area contributed by atoms with Crippen LogP contribution in [0.5, 0.6) is 5.75 Å². The Bertz CT molecular complexity index is 1100. The van der Waals surface area contributed by atoms with Crippen LogP contribution < -0.4 is 15.6 Å². The molecule has 0 spiro atoms. The minimum atomic E-state index is -1.03. The summed E-state index contributed by atoms with van der Waals surface area (Å²) in [4.78, 5) is 40.9. The van der Waals surface area contributed by atoms with Gasteiger partial charge in [-0.2, -0.15) is 5.10 Å². The van der Waals surface area contributed by atoms with Crippen molar-refractivity contribution in [3.8, 4) is 5.75 Å². The van der Waals surface area contributed by atoms with E-state index in [2.05, 4.69) is 15.4 Å². The molecule has 1 N–H and O–H groups in total. The highest BCUT2D eigenvalue weighted by Crippen LogP contribution is 2.16. The number of nitrogens with zero attached hydrogens (tertiary/aromatic N) is 4. The summed E-state index contributed by atoms with van der Waals surface area (Å²) in [5, 5.41) is 6.96. The normalized spacial score (nSPS) is 11.8. The minimum absolute atomic E-state index is 0.228. The van der Waals surface area contributed by atoms with Crippen molar-refractivity contribution in [2.24, 2.45) is 7.05 Å². The number of methoxy groups -OCH3 is 1. The van der Waals surface area contributed by atoms with Gasteiger partial charge in [-0.15, -0.1) is 0 Å². The van der Waals surface area contributed by atoms with Gasteiger partial charge in [0.2, 0.25) is 0 Å². The van der Waals surface area contributed by atoms with E-state index in [-0.39, 0.29) is 13.1 Å². The molecule has 1 unspecified atom stereocenters. The monoisotopic (exact) mass is 399 g/mol. The Balaban J connectivity index is 1.58. The third-order valence-corrected chi connectivity index (χ3v) is 4.34. The second kappa shape index (κ2) is 8.55. The zero-order chi connectivity index (χ0) is 21.0. The Morgan fingerprint density at radius 2 is 2.03 bits per heavy atom. The zero-order valence-corrected chi connectivity index (χ0v) is 16.3. The van der Waals surface area contributed by atoms with Crippen molar-refractivity contribution in [2.45, 2.75) is 26.1 Å². The number of ether oxygens (including phenoxy) is 2. The van der Waals surface area contributed by atoms with Crippen molar-refractivity contribution in [3.63, 3.8) is 0 Å². The van der Waals surface area contributed by atoms with Gasteiger partial charge in [0, 0.05) is 19.2 Å². The summed E-state index contributed by atoms with van der Waals surface area (Å²) in [5.74, 6) is -0.537. The Morgan fingerprint density at radius 1 is 1.28 bits per heavy atom. The molecule has 3 rings (SSSR count). The lowest BCUT2D eigenvalue weighted by Gasteiger charge is -2.15. The van der Waals surface area contributed by atoms with E-state index in [9.17, 15) is 14.4 Å². The van der Waals surface area contributed by atoms with Crippen molar-refractivity contribution < 1.29 is 19.1 Å². The van der Waals surface area contributed by atoms with Crippen LogP contribution in [0.15, 0.2) is 41.6 Å². The molecule has 0 fully saturated rings. The third-order valence-electron chi connectivity index (χ3n) is 4.34. The quantitative estimate of drug-likeness (QED) is 0.571. The maximum Gasteiger partial charge on any atom is 0.326 e. The molecule has 29 heavy (non-hydrogen) atoms. The number of carbonyl (C=O) groups excluding carboxylic acids is 2. The van der Waals surface area contributed by atoms with Gasteiger partial charge in [0.1, 0.15) is 24.0 Å². The van der Waals surface area contributed by atoms with E-state index in [4.69, 9.17) is 9.47 Å². The van der Waals surface area contributed by atoms with Crippen LogP contribution in [0.3, 0.4) is 0 Å². The molecule has 0 bridgehead atoms. The van der Waals surface area contributed by atoms with Crippen LogP contribution in [0, 0.1) is 0 Å². The van der Waals surface area contributed by atoms with Gasteiger partial charge in [-0.05, 0) is 13.0 Å². The maximum absolute atomic E-state index is 12.4. The largest absolute Gasteiger partial charge is 0.496 e. The number of amides is 1. The summed E-state index contributed by atoms with van der Waals surface area (Å²) in [6.07, 6.45) is 1.61. The number of hydrogen-bond acceptors (Lipinski definition) is 7. The SMILES string of the molecule is COc1ccccc1CNC(=O)C(C)OC(=O)Cn1cnc2c(cnn2C)c1=O. The number of benzene rings is 1. The molecule has 3 aromatic rings. The Kier molecular flexibility index (Phi) is 5.91. The number of esters is 1. The Labute approximate surface area is 166 Å². The molecule has 10 nitrogen and oxygen atoms in total. The molecule has 1 amide bonds. The van der Waals surface area contributed by atoms with Crippen LogP contribution >= 0.6 is 0 Å². The second-order valence-electron chi connectivity index (χ2n) is 6.34. The molecule has 1 atom stereocenters. The number of aromatic nitrogens is 4. The van der Waals surface area contributed by atoms with Crippen molar-refractivity contribution in [1.29, 1.82) is 0 Å². The highest BCUT2D eigenvalue weighted by molar-refractivity contribution is 5.83. The lowest BCUT2D eigenvalue weighted by Crippen LogP contribution is -2.37. The molecular formula is C19H21N5O5. The van der Waals surface area contributed by atoms with Gasteiger partial charge in [0.15, 0.2) is 11.8 Å². The molecule has 0 aliphatic carbocycles. The first-order chi connectivity index (χ1) is 13.9. The number of carbonyl (C=O) groups is 2. The van der Waals surface area contributed by atoms with Gasteiger partial charge in [-0.1, -0.05) is 18.2 Å². The molecule has 0 saturated heterocycles. The second-order valence-corrected chi connectivity index (χ2v) is 6.34. The van der Waals surface area contributed by atoms with E-state index < -0.39 is 23.5 Å². The zero-order valence-electron chi connectivity index (χ0n) is 16.3. The highest BCUT2D eigenvalue weighted by atomic mass is 16.5. The van der Waals surface area contributed by atoms with E-state index in [0.717, 1.165) is 10.1 Å². The Hall–Kier alpha value is -3.69. The minimum Gasteiger partial charge on any atom is -0.496 e. The fourth-order valence-electron chi connectivity index (χ4n) is 2.78. The van der Waals surface area contributed by atoms with Gasteiger partial charge in [-0.3, -0.25) is 23.6 Å². The predicted octanol–water partition coefficient (Wildman–Crippen LogP) is 0.387. The number of aryl methyl sites for hydroxylation is 1. The van der Waals surface area contributed by atoms with Crippen LogP contribution in [0.25, 0.3) is 11.0 Å². The summed E-state index contributed by atoms with van der Waals surface area (Å²) in [6, 6.07) is 7.27. The number of nitrogens with one attached hydrogen (secondary N) is 1. The van der Waals surface area contributed by atoms with Gasteiger partial charge in [-0.25, -0.2) is 4.98 Å². The molecular weight excluding hydrogens is 378 g/mol. The van der Waals surface area contributed by atoms with Gasteiger partial charge in [0.25, 0.3) is 11.5 Å². The van der Waals surface area contributed by atoms with Crippen molar-refractivity contribution in [3.05, 3.63) is 52.7 Å². The van der Waals surface area contributed by atoms with Gasteiger partial charge < -0.3 is 14.8 Å². The molecule has 2 heterocycles. The summed E-state index contributed by atoms with van der Waals surface area (Å²) in [6.45, 7) is 1.33. The first-order valence-corrected chi connectivity index (χ1v) is 8.87. The molecule has 10 heteroatoms. The molecule has 0 aliphatic heterocycles. The fourth-order valence-corrected chi connectivity index (χ4v) is 2.78. The fraction of sp³-hybridized carbons (Fsp3) is 0.316. The topological polar surface area (TPSA) is 117 Å². The van der Waals surface area contributed by atoms with E-state index in [1.807, 2.05) is 18.2 Å². The van der Waals surface area contributed by atoms with Crippen molar-refractivity contribution in [2.75, 3.05) is 7.11 Å². The molecule has 1 aromatic carbocycles. The molecule has 0 aliphatic rings. The van der Waals surface area contributed by atoms with Gasteiger partial charge >= 0.3 is 5.97 Å². The third kappa shape index (κ3) is 4.42. The molecule has 0 radical (unpaired) electrons. The standard InChI is InChI=1S/C19H21N5O5/c1-12(18(26)20-8-13-6-4-5-7-15(13)28-3)29-16(25)10-24-11-21-17-14(19(24)27)9-22-23(17)2/h4-7,9,11-12H,8,10H2,1-3H3,(H,20,26). The number of fused-ring (bicyclic) bond motifs is 1. The van der Waals surface area contributed by atoms with E-state index in [0.29, 0.717) is 16.8 Å². The summed E-state index contributed by atoms with van der Waals surface area (Å²) < 4.78 is 13.0. The maximum atomic E-state index is 12.4. The molecule has 152 valence electrons. The first-order valence-electron chi connectivity index (χ1n) is 8.87. The molecule has 0 saturated carbocycles. The summed E-state index contributed by atoms with van der Waals surface area (Å²) in [5.41, 5.74) is 0.807. The van der Waals surface area contributed by atoms with E-state index >= 15 is 0 Å². The van der Waals surface area contributed by atoms with E-state index in [1.54, 1.807) is 20.2 Å². The lowest BCUT2D eigenvalue weighted by molar-refractivity contribution is -0.155. The average Bonchev–Trinajstić information content (AvgIpc) is 3.09. The van der Waals surface area contributed by atoms with Crippen molar-refractivity contribution >= 4 is 22.9 Å². The average molecular weight is 399 g/mol. The number of rotatable bonds is 7. The van der Waals surface area contributed by atoms with Crippen LogP contribution in [-0.4, -0.2) is 44.4 Å². The Morgan fingerprint density at radius 3 is 2.79 bits per heavy atom. The highest BCUT2D eigenvalue weighted by Gasteiger charge is 2.19. The van der Waals surface area contributed by atoms with E-state index in [1.165, 1.54) is 24.1 Å². The van der Waals surface area contributed by atoms with Gasteiger partial charge in [0.05, 0.1) is 13.3 Å². The van der Waals surface area contributed by atoms with Crippen LogP contribution in [0.4, 0.5) is 0 Å². The van der Waals surface area contributed by atoms with Crippen LogP contribution in [-0.2, 0) is 34.5 Å². The van der Waals surface area contributed by atoms with Crippen LogP contribution in [0.2, 0.25) is 0 Å².